The van der Waals surface area contributed by atoms with Gasteiger partial charge in [0.05, 0.1) is 18.2 Å². The SMILES string of the molecule is O=C(O)c1ccnc(NC2=NCC(O)CN2)c1. The number of aromatic carboxylic acids is 1. The van der Waals surface area contributed by atoms with Crippen molar-refractivity contribution in [1.29, 1.82) is 0 Å². The molecule has 2 heterocycles. The Morgan fingerprint density at radius 1 is 1.59 bits per heavy atom. The summed E-state index contributed by atoms with van der Waals surface area (Å²) in [6, 6.07) is 2.82. The number of anilines is 1. The molecule has 0 spiro atoms. The smallest absolute Gasteiger partial charge is 0.335 e. The van der Waals surface area contributed by atoms with Crippen LogP contribution < -0.4 is 10.6 Å². The highest BCUT2D eigenvalue weighted by Crippen LogP contribution is 2.07. The highest BCUT2D eigenvalue weighted by molar-refractivity contribution is 5.95. The van der Waals surface area contributed by atoms with E-state index in [2.05, 4.69) is 20.6 Å². The largest absolute Gasteiger partial charge is 0.478 e. The summed E-state index contributed by atoms with van der Waals surface area (Å²) in [5.41, 5.74) is 0.152. The molecule has 0 fully saturated rings. The van der Waals surface area contributed by atoms with Crippen LogP contribution in [0.2, 0.25) is 0 Å². The molecule has 90 valence electrons. The van der Waals surface area contributed by atoms with Crippen molar-refractivity contribution in [2.24, 2.45) is 4.99 Å². The van der Waals surface area contributed by atoms with Crippen LogP contribution in [0.25, 0.3) is 0 Å². The first-order chi connectivity index (χ1) is 8.15. The lowest BCUT2D eigenvalue weighted by molar-refractivity contribution is 0.0697. The van der Waals surface area contributed by atoms with Gasteiger partial charge in [-0.2, -0.15) is 0 Å². The summed E-state index contributed by atoms with van der Waals surface area (Å²) >= 11 is 0. The molecule has 0 amide bonds. The van der Waals surface area contributed by atoms with E-state index in [0.29, 0.717) is 24.9 Å². The standard InChI is InChI=1S/C10H12N4O3/c15-7-4-12-10(13-5-7)14-8-3-6(9(16)17)1-2-11-8/h1-3,7,15H,4-5H2,(H,16,17)(H2,11,12,13,14). The minimum atomic E-state index is -1.01. The number of carbonyl (C=O) groups is 1. The molecule has 1 aromatic rings. The van der Waals surface area contributed by atoms with Gasteiger partial charge in [0.25, 0.3) is 0 Å². The molecular formula is C10H12N4O3. The van der Waals surface area contributed by atoms with E-state index >= 15 is 0 Å². The van der Waals surface area contributed by atoms with Crippen molar-refractivity contribution in [3.63, 3.8) is 0 Å². The quantitative estimate of drug-likeness (QED) is 0.552. The number of aliphatic imine (C=N–C) groups is 1. The highest BCUT2D eigenvalue weighted by atomic mass is 16.4. The Labute approximate surface area is 97.2 Å². The molecule has 1 atom stereocenters. The third kappa shape index (κ3) is 2.91. The number of rotatable bonds is 2. The molecule has 1 aliphatic rings. The number of aliphatic hydroxyl groups excluding tert-OH is 1. The van der Waals surface area contributed by atoms with E-state index in [4.69, 9.17) is 5.11 Å². The molecule has 0 bridgehead atoms. The van der Waals surface area contributed by atoms with Crippen molar-refractivity contribution in [2.45, 2.75) is 6.10 Å². The summed E-state index contributed by atoms with van der Waals surface area (Å²) in [6.45, 7) is 0.721. The summed E-state index contributed by atoms with van der Waals surface area (Å²) < 4.78 is 0. The fourth-order valence-corrected chi connectivity index (χ4v) is 1.37. The van der Waals surface area contributed by atoms with Crippen molar-refractivity contribution in [1.82, 2.24) is 10.3 Å². The number of hydrogen-bond acceptors (Lipinski definition) is 6. The molecule has 17 heavy (non-hydrogen) atoms. The Balaban J connectivity index is 2.08. The minimum absolute atomic E-state index is 0.152. The van der Waals surface area contributed by atoms with Gasteiger partial charge >= 0.3 is 5.97 Å². The van der Waals surface area contributed by atoms with Crippen LogP contribution in [0.1, 0.15) is 10.4 Å². The Morgan fingerprint density at radius 3 is 3.06 bits per heavy atom. The number of aliphatic hydroxyl groups is 1. The maximum Gasteiger partial charge on any atom is 0.335 e. The van der Waals surface area contributed by atoms with Crippen LogP contribution in [0.5, 0.6) is 0 Å². The van der Waals surface area contributed by atoms with Gasteiger partial charge in [-0.25, -0.2) is 9.78 Å². The van der Waals surface area contributed by atoms with Crippen LogP contribution in [0.4, 0.5) is 5.82 Å². The summed E-state index contributed by atoms with van der Waals surface area (Å²) in [6.07, 6.45) is 0.920. The number of nitrogens with zero attached hydrogens (tertiary/aromatic N) is 2. The van der Waals surface area contributed by atoms with Gasteiger partial charge in [0, 0.05) is 12.7 Å². The third-order valence-electron chi connectivity index (χ3n) is 2.22. The highest BCUT2D eigenvalue weighted by Gasteiger charge is 2.12. The maximum atomic E-state index is 10.8. The number of β-amino-alcohol motifs (C(OH)–C–C–N with tert-alkyl or cyclic N) is 1. The zero-order chi connectivity index (χ0) is 12.3. The fourth-order valence-electron chi connectivity index (χ4n) is 1.37. The molecule has 0 saturated carbocycles. The molecule has 0 aliphatic carbocycles. The van der Waals surface area contributed by atoms with Gasteiger partial charge in [0.15, 0.2) is 5.96 Å². The molecule has 7 heteroatoms. The second-order valence-electron chi connectivity index (χ2n) is 3.58. The minimum Gasteiger partial charge on any atom is -0.478 e. The number of carboxylic acid groups (broad SMARTS) is 1. The lowest BCUT2D eigenvalue weighted by Crippen LogP contribution is -2.42. The monoisotopic (exact) mass is 236 g/mol. The molecule has 1 aliphatic heterocycles. The number of aromatic nitrogens is 1. The lowest BCUT2D eigenvalue weighted by atomic mass is 10.2. The predicted octanol–water partition coefficient (Wildman–Crippen LogP) is -0.488. The van der Waals surface area contributed by atoms with E-state index < -0.39 is 12.1 Å². The number of guanidine groups is 1. The van der Waals surface area contributed by atoms with E-state index in [1.807, 2.05) is 0 Å². The maximum absolute atomic E-state index is 10.8. The first kappa shape index (κ1) is 11.3. The van der Waals surface area contributed by atoms with Crippen LogP contribution >= 0.6 is 0 Å². The van der Waals surface area contributed by atoms with Crippen LogP contribution in [-0.4, -0.2) is 46.3 Å². The molecule has 2 rings (SSSR count). The van der Waals surface area contributed by atoms with Gasteiger partial charge in [-0.15, -0.1) is 0 Å². The fraction of sp³-hybridized carbons (Fsp3) is 0.300. The Bertz CT molecular complexity index is 461. The van der Waals surface area contributed by atoms with Crippen LogP contribution in [0.3, 0.4) is 0 Å². The Hall–Kier alpha value is -2.15. The van der Waals surface area contributed by atoms with E-state index in [9.17, 15) is 9.90 Å². The number of carboxylic acids is 1. The normalized spacial score (nSPS) is 19.1. The molecule has 1 unspecified atom stereocenters. The second-order valence-corrected chi connectivity index (χ2v) is 3.58. The first-order valence-corrected chi connectivity index (χ1v) is 5.08. The number of hydrogen-bond donors (Lipinski definition) is 4. The molecule has 4 N–H and O–H groups in total. The second kappa shape index (κ2) is 4.79. The first-order valence-electron chi connectivity index (χ1n) is 5.08. The number of nitrogens with one attached hydrogen (secondary N) is 2. The molecular weight excluding hydrogens is 224 g/mol. The zero-order valence-corrected chi connectivity index (χ0v) is 8.92. The van der Waals surface area contributed by atoms with Crippen molar-refractivity contribution in [3.05, 3.63) is 23.9 Å². The molecule has 1 aromatic heterocycles. The van der Waals surface area contributed by atoms with Crippen molar-refractivity contribution in [3.8, 4) is 0 Å². The summed E-state index contributed by atoms with van der Waals surface area (Å²) in [7, 11) is 0. The van der Waals surface area contributed by atoms with Crippen molar-refractivity contribution < 1.29 is 15.0 Å². The summed E-state index contributed by atoms with van der Waals surface area (Å²) in [5, 5.41) is 23.8. The Morgan fingerprint density at radius 2 is 2.41 bits per heavy atom. The Kier molecular flexibility index (Phi) is 3.20. The molecule has 7 nitrogen and oxygen atoms in total. The van der Waals surface area contributed by atoms with Gasteiger partial charge in [-0.05, 0) is 12.1 Å². The average molecular weight is 236 g/mol. The van der Waals surface area contributed by atoms with Gasteiger partial charge in [-0.3, -0.25) is 4.99 Å². The lowest BCUT2D eigenvalue weighted by Gasteiger charge is -2.19. The van der Waals surface area contributed by atoms with Crippen LogP contribution in [0.15, 0.2) is 23.3 Å². The van der Waals surface area contributed by atoms with Crippen LogP contribution in [-0.2, 0) is 0 Å². The van der Waals surface area contributed by atoms with Gasteiger partial charge < -0.3 is 20.8 Å². The van der Waals surface area contributed by atoms with Gasteiger partial charge in [0.2, 0.25) is 0 Å². The topological polar surface area (TPSA) is 107 Å². The zero-order valence-electron chi connectivity index (χ0n) is 8.92. The average Bonchev–Trinajstić information content (AvgIpc) is 2.32. The summed E-state index contributed by atoms with van der Waals surface area (Å²) in [4.78, 5) is 18.8. The molecule has 0 radical (unpaired) electrons. The van der Waals surface area contributed by atoms with Crippen molar-refractivity contribution in [2.75, 3.05) is 18.4 Å². The van der Waals surface area contributed by atoms with E-state index in [-0.39, 0.29) is 5.56 Å². The van der Waals surface area contributed by atoms with Crippen molar-refractivity contribution >= 4 is 17.7 Å². The molecule has 0 saturated heterocycles. The van der Waals surface area contributed by atoms with E-state index in [0.717, 1.165) is 0 Å². The van der Waals surface area contributed by atoms with Crippen LogP contribution in [0, 0.1) is 0 Å². The summed E-state index contributed by atoms with van der Waals surface area (Å²) in [5.74, 6) is -0.137. The van der Waals surface area contributed by atoms with Gasteiger partial charge in [0.1, 0.15) is 5.82 Å². The molecule has 0 aromatic carbocycles. The van der Waals surface area contributed by atoms with Gasteiger partial charge in [-0.1, -0.05) is 0 Å². The third-order valence-corrected chi connectivity index (χ3v) is 2.22. The predicted molar refractivity (Wildman–Crippen MR) is 61.1 cm³/mol. The van der Waals surface area contributed by atoms with E-state index in [1.165, 1.54) is 18.3 Å². The van der Waals surface area contributed by atoms with E-state index in [1.54, 1.807) is 0 Å². The number of pyridine rings is 1.